The van der Waals surface area contributed by atoms with Gasteiger partial charge in [-0.05, 0) is 31.9 Å². The second-order valence-electron chi connectivity index (χ2n) is 5.39. The highest BCUT2D eigenvalue weighted by molar-refractivity contribution is 8.01. The van der Waals surface area contributed by atoms with Crippen LogP contribution in [0.2, 0.25) is 10.0 Å². The maximum Gasteiger partial charge on any atom is 0.237 e. The Hall–Kier alpha value is -0.580. The molecule has 0 bridgehead atoms. The van der Waals surface area contributed by atoms with E-state index in [1.54, 1.807) is 23.9 Å². The summed E-state index contributed by atoms with van der Waals surface area (Å²) in [6.45, 7) is 1.92. The second-order valence-corrected chi connectivity index (χ2v) is 7.85. The van der Waals surface area contributed by atoms with E-state index < -0.39 is 0 Å². The first-order valence-corrected chi connectivity index (χ1v) is 8.88. The molecule has 0 saturated heterocycles. The number of thioether (sulfide) groups is 1. The largest absolute Gasteiger partial charge is 0.399 e. The Labute approximate surface area is 139 Å². The lowest BCUT2D eigenvalue weighted by Crippen LogP contribution is -2.25. The highest BCUT2D eigenvalue weighted by Crippen LogP contribution is 2.35. The van der Waals surface area contributed by atoms with Crippen LogP contribution in [0.3, 0.4) is 0 Å². The molecular formula is C15H20Cl2N2OS. The molecule has 21 heavy (non-hydrogen) atoms. The summed E-state index contributed by atoms with van der Waals surface area (Å²) in [6.07, 6.45) is 6.24. The molecule has 1 aromatic rings. The van der Waals surface area contributed by atoms with Gasteiger partial charge in [0.25, 0.3) is 0 Å². The lowest BCUT2D eigenvalue weighted by molar-refractivity contribution is -0.115. The third-order valence-corrected chi connectivity index (χ3v) is 5.71. The summed E-state index contributed by atoms with van der Waals surface area (Å²) in [7, 11) is 0. The Balaban J connectivity index is 1.97. The lowest BCUT2D eigenvalue weighted by Gasteiger charge is -2.24. The van der Waals surface area contributed by atoms with Crippen molar-refractivity contribution in [2.75, 3.05) is 11.1 Å². The van der Waals surface area contributed by atoms with Crippen molar-refractivity contribution in [1.29, 1.82) is 0 Å². The van der Waals surface area contributed by atoms with Gasteiger partial charge in [-0.15, -0.1) is 11.8 Å². The second kappa shape index (κ2) is 7.61. The third kappa shape index (κ3) is 4.70. The normalized spacial score (nSPS) is 17.5. The van der Waals surface area contributed by atoms with Crippen LogP contribution in [0.5, 0.6) is 0 Å². The van der Waals surface area contributed by atoms with Gasteiger partial charge in [0.1, 0.15) is 0 Å². The summed E-state index contributed by atoms with van der Waals surface area (Å²) in [5.41, 5.74) is 6.57. The Morgan fingerprint density at radius 1 is 1.29 bits per heavy atom. The lowest BCUT2D eigenvalue weighted by atomic mass is 10.0. The van der Waals surface area contributed by atoms with Gasteiger partial charge in [-0.3, -0.25) is 4.79 Å². The molecule has 3 nitrogen and oxygen atoms in total. The number of nitrogens with two attached hydrogens (primary N) is 1. The van der Waals surface area contributed by atoms with Crippen LogP contribution in [-0.2, 0) is 4.79 Å². The molecule has 3 N–H and O–H groups in total. The van der Waals surface area contributed by atoms with E-state index in [1.807, 2.05) is 6.92 Å². The van der Waals surface area contributed by atoms with Crippen LogP contribution < -0.4 is 11.1 Å². The Kier molecular flexibility index (Phi) is 6.08. The van der Waals surface area contributed by atoms with Crippen LogP contribution in [0.15, 0.2) is 12.1 Å². The fourth-order valence-electron chi connectivity index (χ4n) is 2.49. The molecule has 6 heteroatoms. The molecule has 0 aliphatic heterocycles. The number of amides is 1. The standard InChI is InChI=1S/C15H20Cl2N2OS/c1-9(21-11-5-3-2-4-6-11)15(20)19-14-12(16)7-10(18)8-13(14)17/h7-9,11H,2-6,18H2,1H3,(H,19,20). The van der Waals surface area contributed by atoms with Crippen LogP contribution in [0.25, 0.3) is 0 Å². The van der Waals surface area contributed by atoms with Gasteiger partial charge in [0.05, 0.1) is 21.0 Å². The maximum atomic E-state index is 12.3. The molecule has 1 unspecified atom stereocenters. The monoisotopic (exact) mass is 346 g/mol. The number of anilines is 2. The predicted octanol–water partition coefficient (Wildman–Crippen LogP) is 4.97. The number of nitrogen functional groups attached to an aromatic ring is 1. The first-order chi connectivity index (χ1) is 9.97. The third-order valence-electron chi connectivity index (χ3n) is 3.63. The Bertz CT molecular complexity index is 495. The number of hydrogen-bond donors (Lipinski definition) is 2. The van der Waals surface area contributed by atoms with Crippen LogP contribution in [-0.4, -0.2) is 16.4 Å². The van der Waals surface area contributed by atoms with Crippen molar-refractivity contribution in [2.45, 2.75) is 49.5 Å². The van der Waals surface area contributed by atoms with Gasteiger partial charge < -0.3 is 11.1 Å². The van der Waals surface area contributed by atoms with Crippen molar-refractivity contribution < 1.29 is 4.79 Å². The van der Waals surface area contributed by atoms with Crippen molar-refractivity contribution in [3.63, 3.8) is 0 Å². The van der Waals surface area contributed by atoms with Gasteiger partial charge in [0.15, 0.2) is 0 Å². The molecule has 1 atom stereocenters. The minimum Gasteiger partial charge on any atom is -0.399 e. The molecule has 2 rings (SSSR count). The summed E-state index contributed by atoms with van der Waals surface area (Å²) in [4.78, 5) is 12.3. The molecule has 0 aromatic heterocycles. The number of benzene rings is 1. The zero-order valence-corrected chi connectivity index (χ0v) is 14.3. The first kappa shape index (κ1) is 16.8. The van der Waals surface area contributed by atoms with Crippen molar-refractivity contribution in [3.8, 4) is 0 Å². The van der Waals surface area contributed by atoms with Crippen molar-refractivity contribution in [1.82, 2.24) is 0 Å². The average Bonchev–Trinajstić information content (AvgIpc) is 2.43. The highest BCUT2D eigenvalue weighted by atomic mass is 35.5. The first-order valence-electron chi connectivity index (χ1n) is 7.18. The Morgan fingerprint density at radius 3 is 2.43 bits per heavy atom. The van der Waals surface area contributed by atoms with E-state index in [9.17, 15) is 4.79 Å². The average molecular weight is 347 g/mol. The van der Waals surface area contributed by atoms with E-state index in [2.05, 4.69) is 5.32 Å². The molecule has 1 aliphatic rings. The molecule has 0 radical (unpaired) electrons. The zero-order valence-electron chi connectivity index (χ0n) is 12.0. The molecule has 1 fully saturated rings. The van der Waals surface area contributed by atoms with Crippen LogP contribution in [0.1, 0.15) is 39.0 Å². The number of halogens is 2. The molecule has 1 amide bonds. The minimum absolute atomic E-state index is 0.0702. The zero-order chi connectivity index (χ0) is 15.4. The fourth-order valence-corrected chi connectivity index (χ4v) is 4.45. The molecule has 1 aliphatic carbocycles. The van der Waals surface area contributed by atoms with Crippen molar-refractivity contribution in [2.24, 2.45) is 0 Å². The summed E-state index contributed by atoms with van der Waals surface area (Å²) >= 11 is 13.9. The predicted molar refractivity (Wildman–Crippen MR) is 93.4 cm³/mol. The summed E-state index contributed by atoms with van der Waals surface area (Å²) in [5, 5.41) is 4.00. The number of rotatable bonds is 4. The SMILES string of the molecule is CC(SC1CCCCC1)C(=O)Nc1c(Cl)cc(N)cc1Cl. The number of carbonyl (C=O) groups is 1. The fraction of sp³-hybridized carbons (Fsp3) is 0.533. The molecule has 116 valence electrons. The smallest absolute Gasteiger partial charge is 0.237 e. The van der Waals surface area contributed by atoms with E-state index in [-0.39, 0.29) is 11.2 Å². The Morgan fingerprint density at radius 2 is 1.86 bits per heavy atom. The van der Waals surface area contributed by atoms with E-state index in [4.69, 9.17) is 28.9 Å². The quantitative estimate of drug-likeness (QED) is 0.756. The van der Waals surface area contributed by atoms with Gasteiger partial charge in [0.2, 0.25) is 5.91 Å². The molecule has 1 aromatic carbocycles. The van der Waals surface area contributed by atoms with E-state index >= 15 is 0 Å². The number of carbonyl (C=O) groups excluding carboxylic acids is 1. The molecule has 0 heterocycles. The van der Waals surface area contributed by atoms with Gasteiger partial charge in [0, 0.05) is 10.9 Å². The van der Waals surface area contributed by atoms with Crippen LogP contribution in [0, 0.1) is 0 Å². The van der Waals surface area contributed by atoms with Gasteiger partial charge in [-0.2, -0.15) is 0 Å². The maximum absolute atomic E-state index is 12.3. The van der Waals surface area contributed by atoms with E-state index in [1.165, 1.54) is 32.1 Å². The van der Waals surface area contributed by atoms with Gasteiger partial charge in [-0.25, -0.2) is 0 Å². The van der Waals surface area contributed by atoms with Crippen LogP contribution in [0.4, 0.5) is 11.4 Å². The van der Waals surface area contributed by atoms with Crippen molar-refractivity contribution >= 4 is 52.2 Å². The number of hydrogen-bond acceptors (Lipinski definition) is 3. The topological polar surface area (TPSA) is 55.1 Å². The van der Waals surface area contributed by atoms with E-state index in [0.717, 1.165) is 0 Å². The minimum atomic E-state index is -0.127. The molecule has 0 spiro atoms. The highest BCUT2D eigenvalue weighted by Gasteiger charge is 2.22. The van der Waals surface area contributed by atoms with Gasteiger partial charge >= 0.3 is 0 Å². The number of nitrogens with one attached hydrogen (secondary N) is 1. The van der Waals surface area contributed by atoms with E-state index in [0.29, 0.717) is 26.7 Å². The molecular weight excluding hydrogens is 327 g/mol. The summed E-state index contributed by atoms with van der Waals surface area (Å²) in [6, 6.07) is 3.17. The van der Waals surface area contributed by atoms with Gasteiger partial charge in [-0.1, -0.05) is 42.5 Å². The summed E-state index contributed by atoms with van der Waals surface area (Å²) < 4.78 is 0. The summed E-state index contributed by atoms with van der Waals surface area (Å²) in [5.74, 6) is -0.0702. The van der Waals surface area contributed by atoms with Crippen LogP contribution >= 0.6 is 35.0 Å². The molecule has 1 saturated carbocycles. The van der Waals surface area contributed by atoms with Crippen molar-refractivity contribution in [3.05, 3.63) is 22.2 Å².